The number of fused-ring (bicyclic) bond motifs is 4. The maximum atomic E-state index is 9.19. The van der Waals surface area contributed by atoms with Gasteiger partial charge in [-0.05, 0) is 112 Å². The highest BCUT2D eigenvalue weighted by molar-refractivity contribution is 6.10. The molecule has 1 aliphatic rings. The lowest BCUT2D eigenvalue weighted by Crippen LogP contribution is -2.09. The van der Waals surface area contributed by atoms with E-state index in [9.17, 15) is 1.37 Å². The van der Waals surface area contributed by atoms with Crippen LogP contribution in [0.3, 0.4) is 0 Å². The molecule has 3 nitrogen and oxygen atoms in total. The standard InChI is InChI=1S/C49H46N2O/c1-31(2)42-28-38(36-24-22-35(23-25-36)33-14-7-5-8-15-33)29-43(32(3)4)47(42)51-45-21-12-11-20-44(45)50-49(51)41-19-13-18-40-39-27-26-37(30-46(39)52-48(40)41)34-16-9-6-10-17-34/h6,9-13,16-33H,5,7-8,14-15H2,1-4H3/i33D. The van der Waals surface area contributed by atoms with E-state index in [4.69, 9.17) is 9.40 Å². The Bertz CT molecular complexity index is 2570. The Morgan fingerprint density at radius 3 is 2.04 bits per heavy atom. The summed E-state index contributed by atoms with van der Waals surface area (Å²) in [5.74, 6) is 0.938. The van der Waals surface area contributed by atoms with E-state index in [1.807, 2.05) is 6.07 Å². The van der Waals surface area contributed by atoms with Crippen LogP contribution in [0.25, 0.3) is 72.3 Å². The number of para-hydroxylation sites is 3. The van der Waals surface area contributed by atoms with Gasteiger partial charge in [-0.2, -0.15) is 0 Å². The average Bonchev–Trinajstić information content (AvgIpc) is 3.76. The Labute approximate surface area is 308 Å². The van der Waals surface area contributed by atoms with Crippen LogP contribution in [0.15, 0.2) is 132 Å². The molecule has 0 bridgehead atoms. The first-order chi connectivity index (χ1) is 25.8. The van der Waals surface area contributed by atoms with Crippen molar-refractivity contribution in [1.29, 1.82) is 0 Å². The van der Waals surface area contributed by atoms with Crippen molar-refractivity contribution in [1.82, 2.24) is 9.55 Å². The van der Waals surface area contributed by atoms with Crippen LogP contribution >= 0.6 is 0 Å². The molecule has 8 aromatic rings. The molecule has 2 aromatic heterocycles. The second kappa shape index (κ2) is 13.3. The van der Waals surface area contributed by atoms with E-state index in [1.54, 1.807) is 0 Å². The van der Waals surface area contributed by atoms with Crippen LogP contribution in [-0.4, -0.2) is 9.55 Å². The first-order valence-corrected chi connectivity index (χ1v) is 19.1. The van der Waals surface area contributed by atoms with Gasteiger partial charge in [-0.25, -0.2) is 4.98 Å². The van der Waals surface area contributed by atoms with Gasteiger partial charge >= 0.3 is 0 Å². The predicted octanol–water partition coefficient (Wildman–Crippen LogP) is 14.2. The topological polar surface area (TPSA) is 31.0 Å². The maximum Gasteiger partial charge on any atom is 0.149 e. The molecule has 0 spiro atoms. The lowest BCUT2D eigenvalue weighted by molar-refractivity contribution is 0.443. The highest BCUT2D eigenvalue weighted by atomic mass is 16.3. The molecule has 1 saturated carbocycles. The fourth-order valence-electron chi connectivity index (χ4n) is 8.37. The van der Waals surface area contributed by atoms with Gasteiger partial charge in [-0.1, -0.05) is 132 Å². The van der Waals surface area contributed by atoms with E-state index < -0.39 is 5.89 Å². The van der Waals surface area contributed by atoms with Crippen LogP contribution in [-0.2, 0) is 0 Å². The molecule has 52 heavy (non-hydrogen) atoms. The molecule has 258 valence electrons. The molecule has 9 rings (SSSR count). The molecule has 6 aromatic carbocycles. The summed E-state index contributed by atoms with van der Waals surface area (Å²) in [4.78, 5) is 5.37. The Morgan fingerprint density at radius 1 is 0.635 bits per heavy atom. The maximum absolute atomic E-state index is 9.19. The molecule has 0 saturated heterocycles. The summed E-state index contributed by atoms with van der Waals surface area (Å²) < 4.78 is 18.4. The van der Waals surface area contributed by atoms with Gasteiger partial charge in [0.15, 0.2) is 0 Å². The number of hydrogen-bond acceptors (Lipinski definition) is 2. The number of furan rings is 1. The smallest absolute Gasteiger partial charge is 0.149 e. The highest BCUT2D eigenvalue weighted by Crippen LogP contribution is 2.43. The molecule has 0 aliphatic heterocycles. The van der Waals surface area contributed by atoms with Crippen molar-refractivity contribution in [2.45, 2.75) is 77.5 Å². The van der Waals surface area contributed by atoms with Crippen LogP contribution in [0, 0.1) is 0 Å². The van der Waals surface area contributed by atoms with Gasteiger partial charge in [-0.15, -0.1) is 0 Å². The van der Waals surface area contributed by atoms with E-state index in [0.29, 0.717) is 0 Å². The van der Waals surface area contributed by atoms with Crippen LogP contribution in [0.1, 0.15) is 95.6 Å². The summed E-state index contributed by atoms with van der Waals surface area (Å²) in [6.45, 7) is 9.19. The minimum Gasteiger partial charge on any atom is -0.455 e. The van der Waals surface area contributed by atoms with Crippen LogP contribution < -0.4 is 0 Å². The SMILES string of the molecule is [2H]C1(c2ccc(-c3cc(C(C)C)c(-n4c(-c5cccc6c5oc5cc(-c7ccccc7)ccc56)nc5ccccc54)c(C(C)C)c3)cc2)CCCCC1. The van der Waals surface area contributed by atoms with Crippen LogP contribution in [0.5, 0.6) is 0 Å². The lowest BCUT2D eigenvalue weighted by Gasteiger charge is -2.25. The zero-order valence-corrected chi connectivity index (χ0v) is 30.6. The van der Waals surface area contributed by atoms with Gasteiger partial charge in [-0.3, -0.25) is 4.57 Å². The Morgan fingerprint density at radius 2 is 1.31 bits per heavy atom. The van der Waals surface area contributed by atoms with E-state index in [0.717, 1.165) is 81.2 Å². The molecule has 1 fully saturated rings. The lowest BCUT2D eigenvalue weighted by atomic mass is 9.83. The third-order valence-electron chi connectivity index (χ3n) is 11.1. The van der Waals surface area contributed by atoms with Gasteiger partial charge in [0.1, 0.15) is 17.0 Å². The van der Waals surface area contributed by atoms with Crippen molar-refractivity contribution < 1.29 is 5.79 Å². The third-order valence-corrected chi connectivity index (χ3v) is 11.1. The molecule has 1 aliphatic carbocycles. The largest absolute Gasteiger partial charge is 0.455 e. The number of imidazole rings is 1. The summed E-state index contributed by atoms with van der Waals surface area (Å²) in [6.07, 6.45) is 5.44. The molecular formula is C49H46N2O. The second-order valence-corrected chi connectivity index (χ2v) is 15.2. The summed E-state index contributed by atoms with van der Waals surface area (Å²) in [6, 6.07) is 45.7. The van der Waals surface area contributed by atoms with Crippen molar-refractivity contribution in [2.24, 2.45) is 0 Å². The zero-order chi connectivity index (χ0) is 36.3. The van der Waals surface area contributed by atoms with Crippen molar-refractivity contribution in [3.05, 3.63) is 144 Å². The second-order valence-electron chi connectivity index (χ2n) is 15.2. The molecule has 0 atom stereocenters. The first-order valence-electron chi connectivity index (χ1n) is 19.6. The van der Waals surface area contributed by atoms with Crippen molar-refractivity contribution >= 4 is 33.0 Å². The molecule has 0 unspecified atom stereocenters. The molecule has 0 N–H and O–H groups in total. The van der Waals surface area contributed by atoms with Crippen LogP contribution in [0.2, 0.25) is 0 Å². The van der Waals surface area contributed by atoms with Gasteiger partial charge < -0.3 is 4.42 Å². The Hall–Kier alpha value is -5.41. The van der Waals surface area contributed by atoms with E-state index >= 15 is 0 Å². The summed E-state index contributed by atoms with van der Waals surface area (Å²) in [7, 11) is 0. The average molecular weight is 680 g/mol. The normalized spacial score (nSPS) is 14.9. The van der Waals surface area contributed by atoms with Gasteiger partial charge in [0.25, 0.3) is 0 Å². The van der Waals surface area contributed by atoms with Gasteiger partial charge in [0.2, 0.25) is 0 Å². The number of nitrogens with zero attached hydrogens (tertiary/aromatic N) is 2. The van der Waals surface area contributed by atoms with Gasteiger partial charge in [0.05, 0.1) is 22.3 Å². The fourth-order valence-corrected chi connectivity index (χ4v) is 8.37. The molecule has 0 amide bonds. The highest BCUT2D eigenvalue weighted by Gasteiger charge is 2.26. The Balaban J connectivity index is 1.24. The minimum absolute atomic E-state index is 0.257. The van der Waals surface area contributed by atoms with E-state index in [-0.39, 0.29) is 11.8 Å². The summed E-state index contributed by atoms with van der Waals surface area (Å²) in [5.41, 5.74) is 14.4. The molecule has 0 radical (unpaired) electrons. The molecule has 2 heterocycles. The number of benzene rings is 6. The zero-order valence-electron chi connectivity index (χ0n) is 31.6. The van der Waals surface area contributed by atoms with Crippen LogP contribution in [0.4, 0.5) is 0 Å². The Kier molecular flexibility index (Phi) is 8.01. The molecule has 3 heteroatoms. The minimum atomic E-state index is -0.460. The molecular weight excluding hydrogens is 633 g/mol. The number of aromatic nitrogens is 2. The predicted molar refractivity (Wildman–Crippen MR) is 219 cm³/mol. The number of hydrogen-bond donors (Lipinski definition) is 0. The summed E-state index contributed by atoms with van der Waals surface area (Å²) >= 11 is 0. The third kappa shape index (κ3) is 5.64. The van der Waals surface area contributed by atoms with E-state index in [1.165, 1.54) is 39.9 Å². The van der Waals surface area contributed by atoms with Crippen molar-refractivity contribution in [2.75, 3.05) is 0 Å². The number of rotatable bonds is 7. The fraction of sp³-hybridized carbons (Fsp3) is 0.245. The quantitative estimate of drug-likeness (QED) is 0.168. The van der Waals surface area contributed by atoms with E-state index in [2.05, 4.69) is 154 Å². The van der Waals surface area contributed by atoms with Crippen molar-refractivity contribution in [3.63, 3.8) is 0 Å². The summed E-state index contributed by atoms with van der Waals surface area (Å²) in [5, 5.41) is 2.19. The first kappa shape index (κ1) is 31.3. The monoisotopic (exact) mass is 679 g/mol. The van der Waals surface area contributed by atoms with Gasteiger partial charge in [0, 0.05) is 12.1 Å². The van der Waals surface area contributed by atoms with Crippen molar-refractivity contribution in [3.8, 4) is 39.3 Å².